The maximum atomic E-state index is 11.8. The lowest BCUT2D eigenvalue weighted by atomic mass is 10.0. The molecule has 1 aliphatic heterocycles. The number of pyridine rings is 3. The molecule has 6 nitrogen and oxygen atoms in total. The number of nitrogens with zero attached hydrogens (tertiary/aromatic N) is 4. The van der Waals surface area contributed by atoms with Crippen LogP contribution in [0.5, 0.6) is 0 Å². The first-order chi connectivity index (χ1) is 13.1. The first-order valence-electron chi connectivity index (χ1n) is 8.89. The summed E-state index contributed by atoms with van der Waals surface area (Å²) in [7, 11) is 0. The second-order valence-electron chi connectivity index (χ2n) is 6.82. The molecule has 3 aromatic heterocycles. The topological polar surface area (TPSA) is 85.7 Å². The van der Waals surface area contributed by atoms with Crippen LogP contribution in [0.1, 0.15) is 28.8 Å². The molecule has 0 aromatic carbocycles. The lowest BCUT2D eigenvalue weighted by Gasteiger charge is -2.26. The molecule has 0 fully saturated rings. The molecule has 134 valence electrons. The average Bonchev–Trinajstić information content (AvgIpc) is 2.70. The summed E-state index contributed by atoms with van der Waals surface area (Å²) < 4.78 is 0. The Balaban J connectivity index is 1.47. The number of hydrogen-bond donors (Lipinski definition) is 1. The van der Waals surface area contributed by atoms with E-state index in [0.717, 1.165) is 48.3 Å². The lowest BCUT2D eigenvalue weighted by molar-refractivity contribution is 0.293. The van der Waals surface area contributed by atoms with Crippen molar-refractivity contribution < 1.29 is 0 Å². The summed E-state index contributed by atoms with van der Waals surface area (Å²) >= 11 is 0. The van der Waals surface area contributed by atoms with E-state index in [9.17, 15) is 4.79 Å². The zero-order valence-electron chi connectivity index (χ0n) is 15.1. The molecule has 0 atom stereocenters. The van der Waals surface area contributed by atoms with Gasteiger partial charge in [-0.25, -0.2) is 0 Å². The Bertz CT molecular complexity index is 1120. The Morgan fingerprint density at radius 1 is 1.26 bits per heavy atom. The Morgan fingerprint density at radius 3 is 2.85 bits per heavy atom. The zero-order valence-corrected chi connectivity index (χ0v) is 15.1. The van der Waals surface area contributed by atoms with Gasteiger partial charge in [-0.15, -0.1) is 0 Å². The quantitative estimate of drug-likeness (QED) is 0.779. The predicted octanol–water partition coefficient (Wildman–Crippen LogP) is 2.79. The number of fused-ring (bicyclic) bond motifs is 1. The highest BCUT2D eigenvalue weighted by molar-refractivity contribution is 5.74. The van der Waals surface area contributed by atoms with Gasteiger partial charge >= 0.3 is 0 Å². The summed E-state index contributed by atoms with van der Waals surface area (Å²) in [5.41, 5.74) is 6.00. The monoisotopic (exact) mass is 357 g/mol. The van der Waals surface area contributed by atoms with Crippen LogP contribution in [0.4, 0.5) is 0 Å². The number of nitrogens with one attached hydrogen (secondary N) is 1. The van der Waals surface area contributed by atoms with Gasteiger partial charge in [0.25, 0.3) is 5.56 Å². The SMILES string of the molecule is Cc1cc2ncc(CN3CC=C(c4ccc(C#N)cn4)CC3)cc2[nH]c1=O. The highest BCUT2D eigenvalue weighted by atomic mass is 16.1. The van der Waals surface area contributed by atoms with Gasteiger partial charge in [0.05, 0.1) is 22.3 Å². The molecule has 27 heavy (non-hydrogen) atoms. The molecule has 0 amide bonds. The molecule has 0 saturated heterocycles. The van der Waals surface area contributed by atoms with Crippen molar-refractivity contribution in [3.05, 3.63) is 75.5 Å². The molecule has 0 radical (unpaired) electrons. The van der Waals surface area contributed by atoms with Crippen molar-refractivity contribution in [1.82, 2.24) is 19.9 Å². The Labute approximate surface area is 156 Å². The Hall–Kier alpha value is -3.30. The minimum Gasteiger partial charge on any atom is -0.320 e. The molecule has 1 N–H and O–H groups in total. The largest absolute Gasteiger partial charge is 0.320 e. The van der Waals surface area contributed by atoms with Gasteiger partial charge in [-0.1, -0.05) is 6.08 Å². The van der Waals surface area contributed by atoms with Gasteiger partial charge < -0.3 is 4.98 Å². The summed E-state index contributed by atoms with van der Waals surface area (Å²) in [6, 6.07) is 9.63. The van der Waals surface area contributed by atoms with E-state index in [4.69, 9.17) is 5.26 Å². The van der Waals surface area contributed by atoms with Crippen LogP contribution in [0.25, 0.3) is 16.6 Å². The third-order valence-corrected chi connectivity index (χ3v) is 4.86. The fourth-order valence-corrected chi connectivity index (χ4v) is 3.31. The van der Waals surface area contributed by atoms with E-state index in [2.05, 4.69) is 32.0 Å². The average molecular weight is 357 g/mol. The fraction of sp³-hybridized carbons (Fsp3) is 0.238. The van der Waals surface area contributed by atoms with E-state index < -0.39 is 0 Å². The smallest absolute Gasteiger partial charge is 0.251 e. The molecule has 3 aromatic rings. The highest BCUT2D eigenvalue weighted by Gasteiger charge is 2.14. The predicted molar refractivity (Wildman–Crippen MR) is 104 cm³/mol. The molecule has 0 saturated carbocycles. The van der Waals surface area contributed by atoms with Crippen LogP contribution in [0.15, 0.2) is 47.5 Å². The molecule has 0 spiro atoms. The number of nitriles is 1. The molecule has 4 heterocycles. The third kappa shape index (κ3) is 3.64. The van der Waals surface area contributed by atoms with Gasteiger partial charge in [0.15, 0.2) is 0 Å². The Kier molecular flexibility index (Phi) is 4.53. The van der Waals surface area contributed by atoms with Crippen molar-refractivity contribution in [2.75, 3.05) is 13.1 Å². The number of hydrogen-bond acceptors (Lipinski definition) is 5. The lowest BCUT2D eigenvalue weighted by Crippen LogP contribution is -2.28. The Morgan fingerprint density at radius 2 is 2.15 bits per heavy atom. The van der Waals surface area contributed by atoms with Crippen LogP contribution in [-0.2, 0) is 6.54 Å². The highest BCUT2D eigenvalue weighted by Crippen LogP contribution is 2.22. The molecular formula is C21H19N5O. The van der Waals surface area contributed by atoms with Crippen molar-refractivity contribution in [1.29, 1.82) is 5.26 Å². The van der Waals surface area contributed by atoms with Gasteiger partial charge in [-0.3, -0.25) is 19.7 Å². The molecule has 0 bridgehead atoms. The number of aromatic nitrogens is 3. The van der Waals surface area contributed by atoms with E-state index in [1.54, 1.807) is 19.2 Å². The maximum Gasteiger partial charge on any atom is 0.251 e. The molecule has 4 rings (SSSR count). The summed E-state index contributed by atoms with van der Waals surface area (Å²) in [4.78, 5) is 25.9. The van der Waals surface area contributed by atoms with Crippen molar-refractivity contribution in [2.24, 2.45) is 0 Å². The van der Waals surface area contributed by atoms with Gasteiger partial charge in [0.2, 0.25) is 0 Å². The van der Waals surface area contributed by atoms with Crippen LogP contribution in [-0.4, -0.2) is 32.9 Å². The number of aryl methyl sites for hydroxylation is 1. The van der Waals surface area contributed by atoms with Crippen LogP contribution >= 0.6 is 0 Å². The van der Waals surface area contributed by atoms with Crippen LogP contribution in [0, 0.1) is 18.3 Å². The van der Waals surface area contributed by atoms with Crippen LogP contribution in [0.3, 0.4) is 0 Å². The first-order valence-corrected chi connectivity index (χ1v) is 8.89. The minimum absolute atomic E-state index is 0.0677. The van der Waals surface area contributed by atoms with Crippen molar-refractivity contribution in [3.8, 4) is 6.07 Å². The number of rotatable bonds is 3. The van der Waals surface area contributed by atoms with E-state index in [1.807, 2.05) is 24.4 Å². The van der Waals surface area contributed by atoms with E-state index in [1.165, 1.54) is 5.57 Å². The maximum absolute atomic E-state index is 11.8. The first kappa shape index (κ1) is 17.1. The van der Waals surface area contributed by atoms with Crippen molar-refractivity contribution in [3.63, 3.8) is 0 Å². The summed E-state index contributed by atoms with van der Waals surface area (Å²) in [5, 5.41) is 8.87. The number of aromatic amines is 1. The summed E-state index contributed by atoms with van der Waals surface area (Å²) in [6.45, 7) is 4.33. The second kappa shape index (κ2) is 7.14. The molecule has 0 unspecified atom stereocenters. The fourth-order valence-electron chi connectivity index (χ4n) is 3.31. The van der Waals surface area contributed by atoms with Crippen molar-refractivity contribution >= 4 is 16.6 Å². The molecular weight excluding hydrogens is 338 g/mol. The van der Waals surface area contributed by atoms with E-state index in [-0.39, 0.29) is 5.56 Å². The zero-order chi connectivity index (χ0) is 18.8. The summed E-state index contributed by atoms with van der Waals surface area (Å²) in [6.07, 6.45) is 6.60. The minimum atomic E-state index is -0.0677. The standard InChI is InChI=1S/C21H19N5O/c1-14-8-19-20(25-21(14)27)9-16(12-24-19)13-26-6-4-17(5-7-26)18-3-2-15(10-22)11-23-18/h2-4,8-9,11-12H,5-7,13H2,1H3,(H,25,27). The van der Waals surface area contributed by atoms with Gasteiger partial charge in [0.1, 0.15) is 6.07 Å². The van der Waals surface area contributed by atoms with Crippen molar-refractivity contribution in [2.45, 2.75) is 19.9 Å². The molecule has 0 aliphatic carbocycles. The van der Waals surface area contributed by atoms with Gasteiger partial charge in [-0.05, 0) is 48.7 Å². The number of H-pyrrole nitrogens is 1. The second-order valence-corrected chi connectivity index (χ2v) is 6.82. The molecule has 1 aliphatic rings. The molecule has 6 heteroatoms. The van der Waals surface area contributed by atoms with Gasteiger partial charge in [0, 0.05) is 37.6 Å². The van der Waals surface area contributed by atoms with Gasteiger partial charge in [-0.2, -0.15) is 5.26 Å². The third-order valence-electron chi connectivity index (χ3n) is 4.86. The van der Waals surface area contributed by atoms with E-state index >= 15 is 0 Å². The van der Waals surface area contributed by atoms with Crippen LogP contribution < -0.4 is 5.56 Å². The summed E-state index contributed by atoms with van der Waals surface area (Å²) in [5.74, 6) is 0. The normalized spacial score (nSPS) is 14.7. The van der Waals surface area contributed by atoms with E-state index in [0.29, 0.717) is 11.1 Å². The van der Waals surface area contributed by atoms with Crippen LogP contribution in [0.2, 0.25) is 0 Å².